The first kappa shape index (κ1) is 73.8. The number of carboxylic acids is 1. The number of carbonyl (C=O) groups is 8. The predicted octanol–water partition coefficient (Wildman–Crippen LogP) is 5.99. The molecular weight excluding hydrogens is 1070 g/mol. The zero-order valence-corrected chi connectivity index (χ0v) is 53.6. The smallest absolute Gasteiger partial charge is 0.323 e. The number of ether oxygens (including phenoxy) is 7. The van der Waals surface area contributed by atoms with E-state index in [2.05, 4.69) is 0 Å². The van der Waals surface area contributed by atoms with E-state index in [1.807, 2.05) is 143 Å². The molecule has 1 aromatic carbocycles. The van der Waals surface area contributed by atoms with Gasteiger partial charge in [-0.2, -0.15) is 0 Å². The van der Waals surface area contributed by atoms with Crippen LogP contribution in [0.15, 0.2) is 30.3 Å². The van der Waals surface area contributed by atoms with Crippen LogP contribution < -0.4 is 0 Å². The zero-order valence-electron chi connectivity index (χ0n) is 53.6. The highest BCUT2D eigenvalue weighted by Gasteiger charge is 2.36. The van der Waals surface area contributed by atoms with Gasteiger partial charge in [-0.3, -0.25) is 67.8 Å². The van der Waals surface area contributed by atoms with Crippen LogP contribution in [0, 0.1) is 0 Å². The summed E-state index contributed by atoms with van der Waals surface area (Å²) in [6.07, 6.45) is 0.114. The van der Waals surface area contributed by atoms with E-state index >= 15 is 0 Å². The van der Waals surface area contributed by atoms with Gasteiger partial charge < -0.3 is 38.3 Å². The number of hydrogen-bond acceptors (Lipinski definition) is 21. The summed E-state index contributed by atoms with van der Waals surface area (Å²) >= 11 is 0. The number of rotatable bonds is 20. The molecule has 0 aliphatic carbocycles. The Morgan fingerprint density at radius 3 is 0.916 bits per heavy atom. The Balaban J connectivity index is 0.000000575. The summed E-state index contributed by atoms with van der Waals surface area (Å²) in [7, 11) is 0. The highest BCUT2D eigenvalue weighted by molar-refractivity contribution is 5.79. The minimum atomic E-state index is -0.999. The van der Waals surface area contributed by atoms with Crippen molar-refractivity contribution in [2.24, 2.45) is 0 Å². The lowest BCUT2D eigenvalue weighted by molar-refractivity contribution is -0.164. The minimum absolute atomic E-state index is 0.0243. The zero-order chi connectivity index (χ0) is 63.1. The van der Waals surface area contributed by atoms with Crippen LogP contribution in [-0.2, 0) is 78.1 Å². The largest absolute Gasteiger partial charge is 0.481 e. The van der Waals surface area contributed by atoms with Gasteiger partial charge in [0.05, 0.1) is 26.2 Å². The topological polar surface area (TPSA) is 241 Å². The van der Waals surface area contributed by atoms with Crippen molar-refractivity contribution in [3.63, 3.8) is 0 Å². The van der Waals surface area contributed by atoms with Crippen molar-refractivity contribution in [3.05, 3.63) is 35.9 Å². The fourth-order valence-electron chi connectivity index (χ4n) is 8.76. The Morgan fingerprint density at radius 2 is 0.651 bits per heavy atom. The van der Waals surface area contributed by atoms with Crippen LogP contribution in [0.2, 0.25) is 0 Å². The SMILES string of the molecule is CC(C)(C)OC(=O)CN1CCN(CC(=O)OC(C)(C)C)CCN(C(CCC(=O)O)C(=O)OC(C)(C)C)CC1.CC(C)(C)OC(=O)CN1CCN(CC(=O)OC(C)(C)C)CCN(C(CCC(=O)OCc2ccccc2)C(=O)OC(C)(C)C)CC1. The first-order chi connectivity index (χ1) is 38.0. The van der Waals surface area contributed by atoms with Gasteiger partial charge in [0.25, 0.3) is 0 Å². The average molecular weight is 1180 g/mol. The van der Waals surface area contributed by atoms with Crippen LogP contribution in [0.5, 0.6) is 0 Å². The fraction of sp³-hybridized carbons (Fsp3) is 0.770. The fourth-order valence-corrected chi connectivity index (χ4v) is 8.76. The van der Waals surface area contributed by atoms with Crippen LogP contribution >= 0.6 is 0 Å². The lowest BCUT2D eigenvalue weighted by Gasteiger charge is -2.33. The molecule has 2 unspecified atom stereocenters. The highest BCUT2D eigenvalue weighted by atomic mass is 16.6. The molecule has 0 bridgehead atoms. The van der Waals surface area contributed by atoms with Crippen molar-refractivity contribution < 1.29 is 76.6 Å². The van der Waals surface area contributed by atoms with Crippen molar-refractivity contribution in [1.29, 1.82) is 0 Å². The Labute approximate surface area is 495 Å². The summed E-state index contributed by atoms with van der Waals surface area (Å²) in [6.45, 7) is 38.4. The molecule has 3 rings (SSSR count). The van der Waals surface area contributed by atoms with Crippen molar-refractivity contribution in [3.8, 4) is 0 Å². The van der Waals surface area contributed by atoms with Crippen LogP contribution in [0.25, 0.3) is 0 Å². The first-order valence-electron chi connectivity index (χ1n) is 29.2. The van der Waals surface area contributed by atoms with E-state index in [9.17, 15) is 43.5 Å². The van der Waals surface area contributed by atoms with Gasteiger partial charge >= 0.3 is 47.8 Å². The Kier molecular flexibility index (Phi) is 29.7. The molecule has 0 saturated carbocycles. The standard InChI is InChI=1S/C34H55N3O8.C27H49N3O8/c1-32(2,3)43-29(39)23-35-17-18-36(24-30(40)44-33(4,5)6)20-22-37(21-19-35)27(31(41)45-34(7,8)9)15-16-28(38)42-25-26-13-11-10-12-14-26;1-25(2,3)36-22(33)18-28-12-13-29(19-23(34)37-26(4,5)6)15-17-30(16-14-28)20(10-11-21(31)32)24(35)38-27(7,8)9/h10-14,27H,15-25H2,1-9H3;20H,10-19H2,1-9H3,(H,31,32). The second-order valence-corrected chi connectivity index (χ2v) is 27.2. The van der Waals surface area contributed by atoms with E-state index in [4.69, 9.17) is 33.2 Å². The summed E-state index contributed by atoms with van der Waals surface area (Å²) in [5, 5.41) is 9.30. The average Bonchev–Trinajstić information content (AvgIpc) is 3.56. The van der Waals surface area contributed by atoms with Gasteiger partial charge in [0.2, 0.25) is 0 Å². The number of hydrogen-bond donors (Lipinski definition) is 1. The minimum Gasteiger partial charge on any atom is -0.481 e. The van der Waals surface area contributed by atoms with Gasteiger partial charge in [-0.05, 0) is 143 Å². The van der Waals surface area contributed by atoms with Gasteiger partial charge in [-0.15, -0.1) is 0 Å². The van der Waals surface area contributed by atoms with E-state index in [0.29, 0.717) is 78.5 Å². The van der Waals surface area contributed by atoms with Crippen molar-refractivity contribution in [2.45, 2.75) is 203 Å². The number of nitrogens with zero attached hydrogens (tertiary/aromatic N) is 6. The highest BCUT2D eigenvalue weighted by Crippen LogP contribution is 2.21. The third-order valence-electron chi connectivity index (χ3n) is 12.1. The van der Waals surface area contributed by atoms with Gasteiger partial charge in [-0.25, -0.2) is 0 Å². The van der Waals surface area contributed by atoms with Crippen molar-refractivity contribution in [1.82, 2.24) is 29.4 Å². The molecule has 1 aromatic rings. The normalized spacial score (nSPS) is 17.4. The Morgan fingerprint density at radius 1 is 0.386 bits per heavy atom. The molecule has 0 radical (unpaired) electrons. The molecule has 2 aliphatic rings. The predicted molar refractivity (Wildman–Crippen MR) is 314 cm³/mol. The summed E-state index contributed by atoms with van der Waals surface area (Å²) in [6, 6.07) is 7.90. The van der Waals surface area contributed by atoms with Crippen molar-refractivity contribution >= 4 is 47.8 Å². The van der Waals surface area contributed by atoms with E-state index in [-0.39, 0.29) is 82.3 Å². The third kappa shape index (κ3) is 35.6. The maximum absolute atomic E-state index is 13.6. The second-order valence-electron chi connectivity index (χ2n) is 27.2. The third-order valence-corrected chi connectivity index (χ3v) is 12.1. The molecule has 22 heteroatoms. The quantitative estimate of drug-likeness (QED) is 0.116. The molecule has 2 aliphatic heterocycles. The molecular formula is C61H104N6O16. The summed E-state index contributed by atoms with van der Waals surface area (Å²) in [5.41, 5.74) is -3.07. The number of aliphatic carboxylic acids is 1. The Hall–Kier alpha value is -5.26. The van der Waals surface area contributed by atoms with Crippen LogP contribution in [0.3, 0.4) is 0 Å². The van der Waals surface area contributed by atoms with E-state index in [1.165, 1.54) is 0 Å². The summed E-state index contributed by atoms with van der Waals surface area (Å²) in [4.78, 5) is 113. The lowest BCUT2D eigenvalue weighted by Crippen LogP contribution is -2.49. The molecule has 0 aromatic heterocycles. The monoisotopic (exact) mass is 1180 g/mol. The summed E-state index contributed by atoms with van der Waals surface area (Å²) in [5.74, 6) is -3.76. The lowest BCUT2D eigenvalue weighted by atomic mass is 10.1. The van der Waals surface area contributed by atoms with Gasteiger partial charge in [0, 0.05) is 91.4 Å². The Bertz CT molecular complexity index is 2140. The van der Waals surface area contributed by atoms with E-state index < -0.39 is 69.6 Å². The van der Waals surface area contributed by atoms with Gasteiger partial charge in [-0.1, -0.05) is 30.3 Å². The number of esters is 7. The van der Waals surface area contributed by atoms with Crippen LogP contribution in [0.1, 0.15) is 156 Å². The molecule has 0 spiro atoms. The van der Waals surface area contributed by atoms with Gasteiger partial charge in [0.15, 0.2) is 0 Å². The number of carboxylic acid groups (broad SMARTS) is 1. The molecule has 0 amide bonds. The number of carbonyl (C=O) groups excluding carboxylic acids is 7. The maximum Gasteiger partial charge on any atom is 0.323 e. The molecule has 474 valence electrons. The molecule has 22 nitrogen and oxygen atoms in total. The second kappa shape index (κ2) is 33.4. The summed E-state index contributed by atoms with van der Waals surface area (Å²) < 4.78 is 39.1. The van der Waals surface area contributed by atoms with Gasteiger partial charge in [0.1, 0.15) is 52.3 Å². The van der Waals surface area contributed by atoms with Crippen LogP contribution in [0.4, 0.5) is 0 Å². The number of benzene rings is 1. The molecule has 2 saturated heterocycles. The molecule has 1 N–H and O–H groups in total. The molecule has 2 heterocycles. The van der Waals surface area contributed by atoms with E-state index in [1.54, 1.807) is 41.5 Å². The maximum atomic E-state index is 13.6. The van der Waals surface area contributed by atoms with Crippen molar-refractivity contribution in [2.75, 3.05) is 105 Å². The first-order valence-corrected chi connectivity index (χ1v) is 29.2. The molecule has 83 heavy (non-hydrogen) atoms. The molecule has 2 atom stereocenters. The van der Waals surface area contributed by atoms with E-state index in [0.717, 1.165) is 5.56 Å². The molecule has 2 fully saturated rings. The van der Waals surface area contributed by atoms with Crippen LogP contribution in [-0.4, -0.2) is 233 Å².